The number of hydrogen-bond acceptors (Lipinski definition) is 5. The van der Waals surface area contributed by atoms with Crippen LogP contribution in [0.15, 0.2) is 46.4 Å². The smallest absolute Gasteiger partial charge is 0.335 e. The number of nitrogens with one attached hydrogen (secondary N) is 1. The number of amides is 4. The SMILES string of the molecule is COc1cc(/C=C2\C(=O)NC(=O)N(c3ccc(Cl)cc3)C2=O)cc(Br)c1O. The third-order valence-corrected chi connectivity index (χ3v) is 4.62. The molecule has 3 rings (SSSR count). The number of carbonyl (C=O) groups excluding carboxylic acids is 3. The molecule has 0 radical (unpaired) electrons. The number of benzene rings is 2. The Morgan fingerprint density at radius 3 is 2.48 bits per heavy atom. The van der Waals surface area contributed by atoms with Crippen LogP contribution in [0.5, 0.6) is 11.5 Å². The maximum Gasteiger partial charge on any atom is 0.335 e. The molecule has 0 bridgehead atoms. The highest BCUT2D eigenvalue weighted by atomic mass is 79.9. The Bertz CT molecular complexity index is 988. The number of nitrogens with zero attached hydrogens (tertiary/aromatic N) is 1. The number of phenolic OH excluding ortho intramolecular Hbond substituents is 1. The first kappa shape index (κ1) is 18.9. The molecule has 0 spiro atoms. The van der Waals surface area contributed by atoms with Crippen molar-refractivity contribution in [3.05, 3.63) is 57.0 Å². The molecule has 7 nitrogen and oxygen atoms in total. The topological polar surface area (TPSA) is 95.9 Å². The Hall–Kier alpha value is -2.84. The van der Waals surface area contributed by atoms with Crippen molar-refractivity contribution < 1.29 is 24.2 Å². The zero-order chi connectivity index (χ0) is 19.7. The van der Waals surface area contributed by atoms with Crippen molar-refractivity contribution >= 4 is 57.1 Å². The summed E-state index contributed by atoms with van der Waals surface area (Å²) in [4.78, 5) is 38.0. The number of urea groups is 1. The second-order valence-electron chi connectivity index (χ2n) is 5.49. The van der Waals surface area contributed by atoms with Gasteiger partial charge in [0.15, 0.2) is 11.5 Å². The lowest BCUT2D eigenvalue weighted by molar-refractivity contribution is -0.122. The second-order valence-corrected chi connectivity index (χ2v) is 6.78. The number of halogens is 2. The molecule has 9 heteroatoms. The highest BCUT2D eigenvalue weighted by molar-refractivity contribution is 9.10. The van der Waals surface area contributed by atoms with Crippen LogP contribution in [-0.4, -0.2) is 30.1 Å². The lowest BCUT2D eigenvalue weighted by atomic mass is 10.1. The number of carbonyl (C=O) groups is 3. The molecule has 1 saturated heterocycles. The summed E-state index contributed by atoms with van der Waals surface area (Å²) < 4.78 is 5.38. The summed E-state index contributed by atoms with van der Waals surface area (Å²) in [6.07, 6.45) is 1.31. The van der Waals surface area contributed by atoms with E-state index in [-0.39, 0.29) is 22.8 Å². The Labute approximate surface area is 167 Å². The van der Waals surface area contributed by atoms with Gasteiger partial charge in [-0.2, -0.15) is 0 Å². The first-order valence-corrected chi connectivity index (χ1v) is 8.72. The summed E-state index contributed by atoms with van der Waals surface area (Å²) in [5.74, 6) is -1.56. The molecular weight excluding hydrogens is 440 g/mol. The van der Waals surface area contributed by atoms with Crippen LogP contribution in [0.1, 0.15) is 5.56 Å². The van der Waals surface area contributed by atoms with Gasteiger partial charge in [0.25, 0.3) is 11.8 Å². The van der Waals surface area contributed by atoms with Crippen LogP contribution in [-0.2, 0) is 9.59 Å². The molecule has 1 fully saturated rings. The molecular formula is C18H12BrClN2O5. The lowest BCUT2D eigenvalue weighted by Gasteiger charge is -2.26. The zero-order valence-electron chi connectivity index (χ0n) is 13.8. The Morgan fingerprint density at radius 1 is 1.19 bits per heavy atom. The number of anilines is 1. The van der Waals surface area contributed by atoms with Crippen LogP contribution in [0.3, 0.4) is 0 Å². The fourth-order valence-corrected chi connectivity index (χ4v) is 3.07. The van der Waals surface area contributed by atoms with Crippen molar-refractivity contribution in [1.82, 2.24) is 5.32 Å². The van der Waals surface area contributed by atoms with Crippen LogP contribution in [0.2, 0.25) is 5.02 Å². The maximum atomic E-state index is 12.8. The molecule has 2 N–H and O–H groups in total. The van der Waals surface area contributed by atoms with Crippen molar-refractivity contribution in [2.45, 2.75) is 0 Å². The summed E-state index contributed by atoms with van der Waals surface area (Å²) in [5, 5.41) is 12.4. The number of imide groups is 2. The van der Waals surface area contributed by atoms with Gasteiger partial charge in [0.05, 0.1) is 17.3 Å². The van der Waals surface area contributed by atoms with Crippen molar-refractivity contribution in [3.8, 4) is 11.5 Å². The van der Waals surface area contributed by atoms with Gasteiger partial charge >= 0.3 is 6.03 Å². The van der Waals surface area contributed by atoms with Gasteiger partial charge in [-0.15, -0.1) is 0 Å². The van der Waals surface area contributed by atoms with E-state index in [1.165, 1.54) is 49.6 Å². The minimum atomic E-state index is -0.853. The maximum absolute atomic E-state index is 12.8. The van der Waals surface area contributed by atoms with Gasteiger partial charge in [-0.1, -0.05) is 11.6 Å². The van der Waals surface area contributed by atoms with E-state index in [9.17, 15) is 19.5 Å². The summed E-state index contributed by atoms with van der Waals surface area (Å²) in [6.45, 7) is 0. The lowest BCUT2D eigenvalue weighted by Crippen LogP contribution is -2.54. The average Bonchev–Trinajstić information content (AvgIpc) is 2.62. The molecule has 2 aromatic rings. The van der Waals surface area contributed by atoms with Crippen LogP contribution in [0.25, 0.3) is 6.08 Å². The van der Waals surface area contributed by atoms with Crippen LogP contribution in [0.4, 0.5) is 10.5 Å². The molecule has 1 aliphatic rings. The van der Waals surface area contributed by atoms with Gasteiger partial charge in [-0.3, -0.25) is 14.9 Å². The van der Waals surface area contributed by atoms with Crippen LogP contribution < -0.4 is 15.0 Å². The third-order valence-electron chi connectivity index (χ3n) is 3.77. The van der Waals surface area contributed by atoms with E-state index in [2.05, 4.69) is 21.2 Å². The van der Waals surface area contributed by atoms with Gasteiger partial charge in [0.2, 0.25) is 0 Å². The van der Waals surface area contributed by atoms with Crippen molar-refractivity contribution in [1.29, 1.82) is 0 Å². The van der Waals surface area contributed by atoms with Crippen molar-refractivity contribution in [3.63, 3.8) is 0 Å². The molecule has 0 unspecified atom stereocenters. The minimum Gasteiger partial charge on any atom is -0.503 e. The average molecular weight is 452 g/mol. The Balaban J connectivity index is 2.04. The van der Waals surface area contributed by atoms with Crippen LogP contribution >= 0.6 is 27.5 Å². The van der Waals surface area contributed by atoms with E-state index in [1.807, 2.05) is 0 Å². The molecule has 4 amide bonds. The molecule has 0 aromatic heterocycles. The summed E-state index contributed by atoms with van der Waals surface area (Å²) in [5.41, 5.74) is 0.439. The van der Waals surface area contributed by atoms with E-state index in [0.717, 1.165) is 4.90 Å². The molecule has 2 aromatic carbocycles. The standard InChI is InChI=1S/C18H12BrClN2O5/c1-27-14-8-9(7-13(19)15(14)23)6-12-16(24)21-18(26)22(17(12)25)11-4-2-10(20)3-5-11/h2-8,23H,1H3,(H,21,24,26)/b12-6+. The predicted octanol–water partition coefficient (Wildman–Crippen LogP) is 3.48. The van der Waals surface area contributed by atoms with Gasteiger partial charge in [0, 0.05) is 5.02 Å². The fourth-order valence-electron chi connectivity index (χ4n) is 2.48. The number of aromatic hydroxyl groups is 1. The van der Waals surface area contributed by atoms with E-state index in [0.29, 0.717) is 15.1 Å². The summed E-state index contributed by atoms with van der Waals surface area (Å²) in [7, 11) is 1.37. The molecule has 0 aliphatic carbocycles. The van der Waals surface area contributed by atoms with Gasteiger partial charge < -0.3 is 9.84 Å². The number of hydrogen-bond donors (Lipinski definition) is 2. The monoisotopic (exact) mass is 450 g/mol. The quantitative estimate of drug-likeness (QED) is 0.550. The summed E-state index contributed by atoms with van der Waals surface area (Å²) in [6, 6.07) is 8.15. The largest absolute Gasteiger partial charge is 0.503 e. The van der Waals surface area contributed by atoms with E-state index in [4.69, 9.17) is 16.3 Å². The second kappa shape index (κ2) is 7.42. The van der Waals surface area contributed by atoms with E-state index >= 15 is 0 Å². The van der Waals surface area contributed by atoms with E-state index < -0.39 is 17.8 Å². The predicted molar refractivity (Wildman–Crippen MR) is 103 cm³/mol. The number of rotatable bonds is 3. The third kappa shape index (κ3) is 3.67. The normalized spacial score (nSPS) is 15.9. The molecule has 0 atom stereocenters. The van der Waals surface area contributed by atoms with Gasteiger partial charge in [-0.05, 0) is 64.0 Å². The molecule has 1 aliphatic heterocycles. The Kier molecular flexibility index (Phi) is 5.20. The first-order valence-electron chi connectivity index (χ1n) is 7.55. The highest BCUT2D eigenvalue weighted by Crippen LogP contribution is 2.36. The molecule has 0 saturated carbocycles. The van der Waals surface area contributed by atoms with Gasteiger partial charge in [-0.25, -0.2) is 9.69 Å². The first-order chi connectivity index (χ1) is 12.8. The fraction of sp³-hybridized carbons (Fsp3) is 0.0556. The Morgan fingerprint density at radius 2 is 1.85 bits per heavy atom. The molecule has 138 valence electrons. The van der Waals surface area contributed by atoms with Gasteiger partial charge in [0.1, 0.15) is 5.57 Å². The number of phenols is 1. The van der Waals surface area contributed by atoms with Crippen LogP contribution in [0, 0.1) is 0 Å². The minimum absolute atomic E-state index is 0.114. The zero-order valence-corrected chi connectivity index (χ0v) is 16.2. The molecule has 1 heterocycles. The molecule has 27 heavy (non-hydrogen) atoms. The van der Waals surface area contributed by atoms with Crippen molar-refractivity contribution in [2.24, 2.45) is 0 Å². The van der Waals surface area contributed by atoms with Crippen molar-refractivity contribution in [2.75, 3.05) is 12.0 Å². The van der Waals surface area contributed by atoms with E-state index in [1.54, 1.807) is 0 Å². The number of barbiturate groups is 1. The number of methoxy groups -OCH3 is 1. The highest BCUT2D eigenvalue weighted by Gasteiger charge is 2.36. The number of ether oxygens (including phenoxy) is 1. The summed E-state index contributed by atoms with van der Waals surface area (Å²) >= 11 is 9.01.